The molecule has 0 aromatic carbocycles. The number of nitrogens with one attached hydrogen (secondary N) is 1. The smallest absolute Gasteiger partial charge is 0.257 e. The predicted octanol–water partition coefficient (Wildman–Crippen LogP) is 0.748. The van der Waals surface area contributed by atoms with Crippen LogP contribution >= 0.6 is 11.6 Å². The standard InChI is InChI=1S/C7H3ClF2N2O2/c8-4-2-1(3(9)5(10)11-4)6(13)12-7(2)14/h6,13H,(H,12,14)/t6-/m0/s1. The summed E-state index contributed by atoms with van der Waals surface area (Å²) in [6.45, 7) is 0. The van der Waals surface area contributed by atoms with Crippen molar-refractivity contribution >= 4 is 17.5 Å². The molecular weight excluding hydrogens is 218 g/mol. The van der Waals surface area contributed by atoms with Crippen molar-refractivity contribution in [2.24, 2.45) is 0 Å². The third kappa shape index (κ3) is 1.08. The quantitative estimate of drug-likeness (QED) is 0.634. The third-order valence-corrected chi connectivity index (χ3v) is 2.13. The van der Waals surface area contributed by atoms with E-state index < -0.39 is 34.6 Å². The fourth-order valence-corrected chi connectivity index (χ4v) is 1.53. The highest BCUT2D eigenvalue weighted by atomic mass is 35.5. The Hall–Kier alpha value is -1.27. The zero-order valence-electron chi connectivity index (χ0n) is 6.51. The number of hydrogen-bond acceptors (Lipinski definition) is 3. The molecule has 0 radical (unpaired) electrons. The van der Waals surface area contributed by atoms with Crippen molar-refractivity contribution < 1.29 is 18.7 Å². The number of nitrogens with zero attached hydrogens (tertiary/aromatic N) is 1. The number of amides is 1. The normalized spacial score (nSPS) is 19.4. The van der Waals surface area contributed by atoms with Crippen molar-refractivity contribution in [2.45, 2.75) is 6.23 Å². The van der Waals surface area contributed by atoms with Crippen LogP contribution < -0.4 is 5.32 Å². The summed E-state index contributed by atoms with van der Waals surface area (Å²) in [6, 6.07) is 0. The average Bonchev–Trinajstić information content (AvgIpc) is 2.38. The highest BCUT2D eigenvalue weighted by Crippen LogP contribution is 2.31. The van der Waals surface area contributed by atoms with Crippen molar-refractivity contribution in [1.82, 2.24) is 10.3 Å². The van der Waals surface area contributed by atoms with Crippen LogP contribution in [0.2, 0.25) is 5.15 Å². The summed E-state index contributed by atoms with van der Waals surface area (Å²) < 4.78 is 25.8. The van der Waals surface area contributed by atoms with E-state index in [9.17, 15) is 13.6 Å². The highest BCUT2D eigenvalue weighted by molar-refractivity contribution is 6.33. The van der Waals surface area contributed by atoms with Crippen LogP contribution in [0.3, 0.4) is 0 Å². The number of carbonyl (C=O) groups excluding carboxylic acids is 1. The van der Waals surface area contributed by atoms with Crippen molar-refractivity contribution in [2.75, 3.05) is 0 Å². The maximum absolute atomic E-state index is 13.1. The van der Waals surface area contributed by atoms with Gasteiger partial charge in [-0.05, 0) is 0 Å². The lowest BCUT2D eigenvalue weighted by Gasteiger charge is -2.04. The number of pyridine rings is 1. The maximum Gasteiger partial charge on any atom is 0.257 e. The second kappa shape index (κ2) is 2.86. The van der Waals surface area contributed by atoms with E-state index in [1.807, 2.05) is 5.32 Å². The first-order valence-corrected chi connectivity index (χ1v) is 3.93. The van der Waals surface area contributed by atoms with Gasteiger partial charge < -0.3 is 10.4 Å². The van der Waals surface area contributed by atoms with E-state index in [0.717, 1.165) is 0 Å². The van der Waals surface area contributed by atoms with Crippen LogP contribution in [0.15, 0.2) is 0 Å². The molecule has 1 aromatic heterocycles. The molecule has 1 aromatic rings. The number of hydrogen-bond donors (Lipinski definition) is 2. The molecule has 0 bridgehead atoms. The Morgan fingerprint density at radius 2 is 2.14 bits per heavy atom. The van der Waals surface area contributed by atoms with Crippen LogP contribution in [-0.2, 0) is 0 Å². The fourth-order valence-electron chi connectivity index (χ4n) is 1.26. The molecule has 0 unspecified atom stereocenters. The van der Waals surface area contributed by atoms with Crippen LogP contribution in [0.1, 0.15) is 22.1 Å². The third-order valence-electron chi connectivity index (χ3n) is 1.86. The Kier molecular flexibility index (Phi) is 1.90. The van der Waals surface area contributed by atoms with Gasteiger partial charge in [-0.1, -0.05) is 11.6 Å². The van der Waals surface area contributed by atoms with Crippen LogP contribution in [0.25, 0.3) is 0 Å². The predicted molar refractivity (Wildman–Crippen MR) is 41.6 cm³/mol. The summed E-state index contributed by atoms with van der Waals surface area (Å²) in [6.07, 6.45) is -1.58. The van der Waals surface area contributed by atoms with Gasteiger partial charge in [-0.3, -0.25) is 4.79 Å². The van der Waals surface area contributed by atoms with E-state index in [1.54, 1.807) is 0 Å². The van der Waals surface area contributed by atoms with E-state index in [4.69, 9.17) is 16.7 Å². The Labute approximate surface area is 81.5 Å². The molecule has 74 valence electrons. The Morgan fingerprint density at radius 3 is 2.79 bits per heavy atom. The lowest BCUT2D eigenvalue weighted by Crippen LogP contribution is -2.18. The molecule has 0 fully saturated rings. The van der Waals surface area contributed by atoms with Crippen LogP contribution in [0.5, 0.6) is 0 Å². The van der Waals surface area contributed by atoms with Gasteiger partial charge in [0.15, 0.2) is 12.0 Å². The van der Waals surface area contributed by atoms with Gasteiger partial charge in [0, 0.05) is 0 Å². The molecular formula is C7H3ClF2N2O2. The number of aliphatic hydroxyl groups excluding tert-OH is 1. The summed E-state index contributed by atoms with van der Waals surface area (Å²) in [5, 5.41) is 10.7. The van der Waals surface area contributed by atoms with E-state index in [2.05, 4.69) is 4.98 Å². The number of carbonyl (C=O) groups is 1. The van der Waals surface area contributed by atoms with Gasteiger partial charge in [0.2, 0.25) is 0 Å². The number of aromatic nitrogens is 1. The molecule has 7 heteroatoms. The van der Waals surface area contributed by atoms with Crippen LogP contribution in [-0.4, -0.2) is 16.0 Å². The van der Waals surface area contributed by atoms with E-state index in [0.29, 0.717) is 0 Å². The largest absolute Gasteiger partial charge is 0.369 e. The van der Waals surface area contributed by atoms with Crippen molar-refractivity contribution in [3.05, 3.63) is 28.0 Å². The zero-order valence-corrected chi connectivity index (χ0v) is 7.27. The molecule has 0 spiro atoms. The minimum atomic E-state index is -1.58. The molecule has 1 aliphatic rings. The molecule has 2 N–H and O–H groups in total. The number of rotatable bonds is 0. The number of aliphatic hydroxyl groups is 1. The Balaban J connectivity index is 2.79. The summed E-state index contributed by atoms with van der Waals surface area (Å²) in [5.41, 5.74) is -0.814. The van der Waals surface area contributed by atoms with Crippen molar-refractivity contribution in [1.29, 1.82) is 0 Å². The minimum absolute atomic E-state index is 0.321. The van der Waals surface area contributed by atoms with Gasteiger partial charge in [0.1, 0.15) is 5.15 Å². The minimum Gasteiger partial charge on any atom is -0.369 e. The van der Waals surface area contributed by atoms with Gasteiger partial charge in [-0.15, -0.1) is 0 Å². The summed E-state index contributed by atoms with van der Waals surface area (Å²) in [5.74, 6) is -3.58. The second-order valence-electron chi connectivity index (χ2n) is 2.67. The topological polar surface area (TPSA) is 62.2 Å². The second-order valence-corrected chi connectivity index (χ2v) is 3.03. The molecule has 1 amide bonds. The van der Waals surface area contributed by atoms with Crippen LogP contribution in [0.4, 0.5) is 8.78 Å². The lowest BCUT2D eigenvalue weighted by molar-refractivity contribution is 0.0847. The monoisotopic (exact) mass is 220 g/mol. The first kappa shape index (κ1) is 9.29. The molecule has 1 atom stereocenters. The molecule has 0 saturated carbocycles. The van der Waals surface area contributed by atoms with Gasteiger partial charge in [0.25, 0.3) is 11.9 Å². The van der Waals surface area contributed by atoms with Crippen molar-refractivity contribution in [3.8, 4) is 0 Å². The molecule has 0 saturated heterocycles. The zero-order chi connectivity index (χ0) is 10.5. The van der Waals surface area contributed by atoms with Crippen molar-refractivity contribution in [3.63, 3.8) is 0 Å². The summed E-state index contributed by atoms with van der Waals surface area (Å²) in [7, 11) is 0. The van der Waals surface area contributed by atoms with Gasteiger partial charge in [-0.25, -0.2) is 9.37 Å². The number of fused-ring (bicyclic) bond motifs is 1. The lowest BCUT2D eigenvalue weighted by atomic mass is 10.1. The van der Waals surface area contributed by atoms with E-state index in [-0.39, 0.29) is 5.56 Å². The summed E-state index contributed by atoms with van der Waals surface area (Å²) >= 11 is 5.42. The van der Waals surface area contributed by atoms with Gasteiger partial charge in [0.05, 0.1) is 11.1 Å². The fraction of sp³-hybridized carbons (Fsp3) is 0.143. The molecule has 4 nitrogen and oxygen atoms in total. The summed E-state index contributed by atoms with van der Waals surface area (Å²) in [4.78, 5) is 14.1. The molecule has 0 aliphatic carbocycles. The van der Waals surface area contributed by atoms with Crippen LogP contribution in [0, 0.1) is 11.8 Å². The van der Waals surface area contributed by atoms with Gasteiger partial charge >= 0.3 is 0 Å². The molecule has 2 heterocycles. The van der Waals surface area contributed by atoms with E-state index >= 15 is 0 Å². The number of halogens is 3. The average molecular weight is 221 g/mol. The molecule has 2 rings (SSSR count). The first-order chi connectivity index (χ1) is 6.52. The highest BCUT2D eigenvalue weighted by Gasteiger charge is 2.35. The Morgan fingerprint density at radius 1 is 1.50 bits per heavy atom. The molecule has 14 heavy (non-hydrogen) atoms. The molecule has 1 aliphatic heterocycles. The van der Waals surface area contributed by atoms with Gasteiger partial charge in [-0.2, -0.15) is 4.39 Å². The maximum atomic E-state index is 13.1. The Bertz CT molecular complexity index is 438. The SMILES string of the molecule is O=C1N[C@@H](O)c2c(F)c(F)nc(Cl)c21. The van der Waals surface area contributed by atoms with E-state index in [1.165, 1.54) is 0 Å². The first-order valence-electron chi connectivity index (χ1n) is 3.55.